The highest BCUT2D eigenvalue weighted by Gasteiger charge is 2.16. The van der Waals surface area contributed by atoms with Crippen LogP contribution >= 0.6 is 34.8 Å². The van der Waals surface area contributed by atoms with Gasteiger partial charge in [0.15, 0.2) is 0 Å². The minimum atomic E-state index is -0.313. The molecule has 5 heteroatoms. The van der Waals surface area contributed by atoms with Crippen molar-refractivity contribution in [3.63, 3.8) is 0 Å². The Bertz CT molecular complexity index is 616. The maximum Gasteiger partial charge on any atom is 0.123 e. The van der Waals surface area contributed by atoms with Crippen molar-refractivity contribution in [1.29, 1.82) is 0 Å². The molecule has 1 atom stereocenters. The highest BCUT2D eigenvalue weighted by Crippen LogP contribution is 2.29. The highest BCUT2D eigenvalue weighted by atomic mass is 35.5. The molecule has 0 aliphatic carbocycles. The van der Waals surface area contributed by atoms with Crippen LogP contribution in [0.15, 0.2) is 36.4 Å². The lowest BCUT2D eigenvalue weighted by molar-refractivity contribution is 0.577. The summed E-state index contributed by atoms with van der Waals surface area (Å²) < 4.78 is 13.4. The quantitative estimate of drug-likeness (QED) is 0.802. The summed E-state index contributed by atoms with van der Waals surface area (Å²) in [5.41, 5.74) is 1.64. The largest absolute Gasteiger partial charge is 0.313 e. The van der Waals surface area contributed by atoms with Crippen molar-refractivity contribution < 1.29 is 4.39 Å². The van der Waals surface area contributed by atoms with Crippen molar-refractivity contribution in [2.24, 2.45) is 0 Å². The van der Waals surface area contributed by atoms with E-state index < -0.39 is 0 Å². The summed E-state index contributed by atoms with van der Waals surface area (Å²) in [5, 5.41) is 4.83. The van der Waals surface area contributed by atoms with E-state index in [0.717, 1.165) is 5.56 Å². The van der Waals surface area contributed by atoms with Crippen molar-refractivity contribution in [3.8, 4) is 0 Å². The number of nitrogens with one attached hydrogen (secondary N) is 1. The van der Waals surface area contributed by atoms with Gasteiger partial charge in [0.2, 0.25) is 0 Å². The van der Waals surface area contributed by atoms with Crippen LogP contribution in [-0.2, 0) is 6.42 Å². The third kappa shape index (κ3) is 3.64. The molecule has 0 spiro atoms. The van der Waals surface area contributed by atoms with Crippen LogP contribution in [-0.4, -0.2) is 7.05 Å². The Morgan fingerprint density at radius 2 is 1.80 bits per heavy atom. The fourth-order valence-electron chi connectivity index (χ4n) is 2.06. The van der Waals surface area contributed by atoms with E-state index in [4.69, 9.17) is 34.8 Å². The zero-order valence-corrected chi connectivity index (χ0v) is 13.0. The normalized spacial score (nSPS) is 12.4. The molecular formula is C15H13Cl3FN. The molecule has 20 heavy (non-hydrogen) atoms. The first-order valence-corrected chi connectivity index (χ1v) is 7.21. The molecule has 0 aliphatic heterocycles. The van der Waals surface area contributed by atoms with E-state index in [2.05, 4.69) is 5.32 Å². The minimum Gasteiger partial charge on any atom is -0.313 e. The number of halogens is 4. The van der Waals surface area contributed by atoms with Crippen molar-refractivity contribution in [2.45, 2.75) is 12.5 Å². The molecule has 0 saturated carbocycles. The van der Waals surface area contributed by atoms with Crippen LogP contribution in [0.3, 0.4) is 0 Å². The van der Waals surface area contributed by atoms with Gasteiger partial charge in [0.05, 0.1) is 0 Å². The fourth-order valence-corrected chi connectivity index (χ4v) is 2.79. The Morgan fingerprint density at radius 3 is 2.45 bits per heavy atom. The average molecular weight is 333 g/mol. The number of hydrogen-bond acceptors (Lipinski definition) is 1. The molecule has 0 bridgehead atoms. The molecule has 0 amide bonds. The molecule has 1 unspecified atom stereocenters. The van der Waals surface area contributed by atoms with E-state index >= 15 is 0 Å². The topological polar surface area (TPSA) is 12.0 Å². The molecule has 1 nitrogen and oxygen atoms in total. The van der Waals surface area contributed by atoms with Gasteiger partial charge in [0.25, 0.3) is 0 Å². The van der Waals surface area contributed by atoms with Crippen LogP contribution in [0.25, 0.3) is 0 Å². The zero-order chi connectivity index (χ0) is 14.7. The lowest BCUT2D eigenvalue weighted by atomic mass is 9.99. The summed E-state index contributed by atoms with van der Waals surface area (Å²) in [5.74, 6) is -0.313. The second kappa shape index (κ2) is 6.77. The van der Waals surface area contributed by atoms with Gasteiger partial charge in [0.1, 0.15) is 5.82 Å². The van der Waals surface area contributed by atoms with Gasteiger partial charge < -0.3 is 5.32 Å². The van der Waals surface area contributed by atoms with E-state index in [0.29, 0.717) is 27.1 Å². The van der Waals surface area contributed by atoms with Crippen LogP contribution in [0.5, 0.6) is 0 Å². The van der Waals surface area contributed by atoms with Gasteiger partial charge in [-0.3, -0.25) is 0 Å². The summed E-state index contributed by atoms with van der Waals surface area (Å²) in [6.07, 6.45) is 0.593. The maximum atomic E-state index is 13.4. The molecule has 2 rings (SSSR count). The van der Waals surface area contributed by atoms with Crippen LogP contribution in [0.1, 0.15) is 17.2 Å². The Hall–Kier alpha value is -0.800. The van der Waals surface area contributed by atoms with E-state index in [-0.39, 0.29) is 11.9 Å². The summed E-state index contributed by atoms with van der Waals surface area (Å²) in [4.78, 5) is 0. The summed E-state index contributed by atoms with van der Waals surface area (Å²) in [6, 6.07) is 9.54. The van der Waals surface area contributed by atoms with Crippen molar-refractivity contribution in [3.05, 3.63) is 68.4 Å². The third-order valence-electron chi connectivity index (χ3n) is 3.12. The molecule has 0 radical (unpaired) electrons. The second-order valence-electron chi connectivity index (χ2n) is 4.45. The smallest absolute Gasteiger partial charge is 0.123 e. The van der Waals surface area contributed by atoms with E-state index in [1.807, 2.05) is 6.07 Å². The van der Waals surface area contributed by atoms with Gasteiger partial charge in [0, 0.05) is 21.1 Å². The van der Waals surface area contributed by atoms with Crippen LogP contribution in [0.2, 0.25) is 15.1 Å². The maximum absolute atomic E-state index is 13.4. The second-order valence-corrected chi connectivity index (χ2v) is 5.70. The monoisotopic (exact) mass is 331 g/mol. The van der Waals surface area contributed by atoms with Gasteiger partial charge in [-0.2, -0.15) is 0 Å². The molecule has 0 heterocycles. The number of benzene rings is 2. The standard InChI is InChI=1S/C15H13Cl3FN/c1-20-15(12-8-11(19)4-5-13(12)17)6-9-2-3-10(16)7-14(9)18/h2-5,7-8,15,20H,6H2,1H3. The Balaban J connectivity index is 2.31. The first-order valence-electron chi connectivity index (χ1n) is 6.07. The van der Waals surface area contributed by atoms with Crippen LogP contribution in [0.4, 0.5) is 4.39 Å². The van der Waals surface area contributed by atoms with Gasteiger partial charge in [-0.1, -0.05) is 40.9 Å². The average Bonchev–Trinajstić information content (AvgIpc) is 2.41. The predicted molar refractivity (Wildman–Crippen MR) is 83.4 cm³/mol. The minimum absolute atomic E-state index is 0.128. The number of rotatable bonds is 4. The number of hydrogen-bond donors (Lipinski definition) is 1. The first-order chi connectivity index (χ1) is 9.51. The van der Waals surface area contributed by atoms with Gasteiger partial charge in [-0.25, -0.2) is 4.39 Å². The molecule has 0 saturated heterocycles. The van der Waals surface area contributed by atoms with Gasteiger partial charge in [-0.05, 0) is 54.9 Å². The highest BCUT2D eigenvalue weighted by molar-refractivity contribution is 6.35. The molecule has 0 fully saturated rings. The van der Waals surface area contributed by atoms with Crippen molar-refractivity contribution in [1.82, 2.24) is 5.32 Å². The Kier molecular flexibility index (Phi) is 5.28. The van der Waals surface area contributed by atoms with E-state index in [9.17, 15) is 4.39 Å². The first kappa shape index (κ1) is 15.6. The molecule has 0 aliphatic rings. The SMILES string of the molecule is CNC(Cc1ccc(Cl)cc1Cl)c1cc(F)ccc1Cl. The molecule has 2 aromatic carbocycles. The van der Waals surface area contributed by atoms with E-state index in [1.54, 1.807) is 25.2 Å². The van der Waals surface area contributed by atoms with Gasteiger partial charge in [-0.15, -0.1) is 0 Å². The third-order valence-corrected chi connectivity index (χ3v) is 4.05. The number of likely N-dealkylation sites (N-methyl/N-ethyl adjacent to an activating group) is 1. The lowest BCUT2D eigenvalue weighted by Crippen LogP contribution is -2.19. The fraction of sp³-hybridized carbons (Fsp3) is 0.200. The predicted octanol–water partition coefficient (Wildman–Crippen LogP) is 5.29. The summed E-state index contributed by atoms with van der Waals surface area (Å²) in [6.45, 7) is 0. The van der Waals surface area contributed by atoms with Crippen molar-refractivity contribution >= 4 is 34.8 Å². The van der Waals surface area contributed by atoms with Crippen LogP contribution < -0.4 is 5.32 Å². The Labute approximate surface area is 132 Å². The summed E-state index contributed by atoms with van der Waals surface area (Å²) in [7, 11) is 1.80. The van der Waals surface area contributed by atoms with Gasteiger partial charge >= 0.3 is 0 Å². The van der Waals surface area contributed by atoms with Crippen molar-refractivity contribution in [2.75, 3.05) is 7.05 Å². The lowest BCUT2D eigenvalue weighted by Gasteiger charge is -2.19. The summed E-state index contributed by atoms with van der Waals surface area (Å²) >= 11 is 18.2. The van der Waals surface area contributed by atoms with Crippen LogP contribution in [0, 0.1) is 5.82 Å². The molecule has 0 aromatic heterocycles. The van der Waals surface area contributed by atoms with E-state index in [1.165, 1.54) is 12.1 Å². The molecule has 106 valence electrons. The molecule has 2 aromatic rings. The molecular weight excluding hydrogens is 320 g/mol. The Morgan fingerprint density at radius 1 is 1.05 bits per heavy atom. The molecule has 1 N–H and O–H groups in total. The zero-order valence-electron chi connectivity index (χ0n) is 10.8.